The summed E-state index contributed by atoms with van der Waals surface area (Å²) in [4.78, 5) is 11.9. The van der Waals surface area contributed by atoms with Crippen molar-refractivity contribution in [2.24, 2.45) is 5.92 Å². The van der Waals surface area contributed by atoms with Gasteiger partial charge in [0.15, 0.2) is 11.7 Å². The molecule has 100 valence electrons. The van der Waals surface area contributed by atoms with Crippen molar-refractivity contribution in [1.82, 2.24) is 0 Å². The molecule has 0 amide bonds. The van der Waals surface area contributed by atoms with Crippen LogP contribution in [0.2, 0.25) is 0 Å². The van der Waals surface area contributed by atoms with Crippen LogP contribution >= 0.6 is 0 Å². The number of rotatable bonds is 6. The van der Waals surface area contributed by atoms with E-state index in [1.165, 1.54) is 19.2 Å². The predicted molar refractivity (Wildman–Crippen MR) is 69.3 cm³/mol. The molecule has 18 heavy (non-hydrogen) atoms. The predicted octanol–water partition coefficient (Wildman–Crippen LogP) is 2.29. The first-order valence-corrected chi connectivity index (χ1v) is 7.37. The molecule has 5 heteroatoms. The summed E-state index contributed by atoms with van der Waals surface area (Å²) in [6.07, 6.45) is 0.462. The van der Waals surface area contributed by atoms with Gasteiger partial charge in [0.05, 0.1) is 4.90 Å². The van der Waals surface area contributed by atoms with Crippen LogP contribution in [0, 0.1) is 5.92 Å². The highest BCUT2D eigenvalue weighted by Crippen LogP contribution is 2.15. The molecule has 0 atom stereocenters. The summed E-state index contributed by atoms with van der Waals surface area (Å²) < 4.78 is 28.0. The van der Waals surface area contributed by atoms with Gasteiger partial charge in [-0.15, -0.1) is 0 Å². The molecule has 0 fully saturated rings. The van der Waals surface area contributed by atoms with Gasteiger partial charge in [-0.05, 0) is 18.1 Å². The standard InChI is InChI=1S/C13H18O4S/c1-10(2)8-13(14)11-4-6-12(7-5-11)18(15,16)9-17-3/h4-7,10H,8-9H2,1-3H3. The summed E-state index contributed by atoms with van der Waals surface area (Å²) in [6, 6.07) is 5.99. The van der Waals surface area contributed by atoms with E-state index in [9.17, 15) is 13.2 Å². The topological polar surface area (TPSA) is 60.4 Å². The highest BCUT2D eigenvalue weighted by Gasteiger charge is 2.15. The summed E-state index contributed by atoms with van der Waals surface area (Å²) in [5.41, 5.74) is 0.542. The quantitative estimate of drug-likeness (QED) is 0.744. The Kier molecular flexibility index (Phi) is 5.04. The van der Waals surface area contributed by atoms with Crippen molar-refractivity contribution < 1.29 is 17.9 Å². The summed E-state index contributed by atoms with van der Waals surface area (Å²) in [7, 11) is -2.08. The number of methoxy groups -OCH3 is 1. The van der Waals surface area contributed by atoms with Crippen molar-refractivity contribution in [3.8, 4) is 0 Å². The van der Waals surface area contributed by atoms with Crippen molar-refractivity contribution in [2.75, 3.05) is 13.0 Å². The third-order valence-electron chi connectivity index (χ3n) is 2.40. The van der Waals surface area contributed by atoms with E-state index in [0.29, 0.717) is 12.0 Å². The van der Waals surface area contributed by atoms with Crippen LogP contribution in [-0.4, -0.2) is 27.2 Å². The molecule has 0 aliphatic heterocycles. The van der Waals surface area contributed by atoms with Crippen LogP contribution in [-0.2, 0) is 14.6 Å². The second-order valence-corrected chi connectivity index (χ2v) is 6.50. The number of sulfone groups is 1. The van der Waals surface area contributed by atoms with E-state index >= 15 is 0 Å². The van der Waals surface area contributed by atoms with E-state index in [1.54, 1.807) is 12.1 Å². The lowest BCUT2D eigenvalue weighted by Gasteiger charge is -2.06. The van der Waals surface area contributed by atoms with E-state index < -0.39 is 9.84 Å². The molecule has 1 rings (SSSR count). The molecule has 0 aromatic heterocycles. The maximum Gasteiger partial charge on any atom is 0.202 e. The van der Waals surface area contributed by atoms with E-state index in [2.05, 4.69) is 4.74 Å². The van der Waals surface area contributed by atoms with E-state index in [1.807, 2.05) is 13.8 Å². The number of hydrogen-bond acceptors (Lipinski definition) is 4. The van der Waals surface area contributed by atoms with Crippen LogP contribution in [0.5, 0.6) is 0 Å². The largest absolute Gasteiger partial charge is 0.368 e. The Hall–Kier alpha value is -1.20. The fraction of sp³-hybridized carbons (Fsp3) is 0.462. The number of ketones is 1. The zero-order chi connectivity index (χ0) is 13.8. The van der Waals surface area contributed by atoms with Gasteiger partial charge < -0.3 is 4.74 Å². The highest BCUT2D eigenvalue weighted by atomic mass is 32.2. The number of Topliss-reactive ketones (excluding diaryl/α,β-unsaturated/α-hetero) is 1. The minimum atomic E-state index is -3.41. The van der Waals surface area contributed by atoms with Crippen molar-refractivity contribution in [2.45, 2.75) is 25.2 Å². The van der Waals surface area contributed by atoms with Crippen LogP contribution < -0.4 is 0 Å². The molecule has 4 nitrogen and oxygen atoms in total. The van der Waals surface area contributed by atoms with Gasteiger partial charge in [-0.3, -0.25) is 4.79 Å². The van der Waals surface area contributed by atoms with E-state index in [4.69, 9.17) is 0 Å². The molecule has 0 bridgehead atoms. The summed E-state index contributed by atoms with van der Waals surface area (Å²) in [6.45, 7) is 3.94. The minimum Gasteiger partial charge on any atom is -0.368 e. The Morgan fingerprint density at radius 1 is 1.22 bits per heavy atom. The number of benzene rings is 1. The third kappa shape index (κ3) is 3.92. The Morgan fingerprint density at radius 3 is 2.22 bits per heavy atom. The van der Waals surface area contributed by atoms with Crippen molar-refractivity contribution in [1.29, 1.82) is 0 Å². The van der Waals surface area contributed by atoms with Gasteiger partial charge in [0.2, 0.25) is 9.84 Å². The first-order chi connectivity index (χ1) is 8.36. The van der Waals surface area contributed by atoms with E-state index in [0.717, 1.165) is 0 Å². The molecule has 0 aliphatic carbocycles. The molecule has 0 N–H and O–H groups in total. The number of carbonyl (C=O) groups is 1. The van der Waals surface area contributed by atoms with Gasteiger partial charge in [0.25, 0.3) is 0 Å². The second kappa shape index (κ2) is 6.11. The van der Waals surface area contributed by atoms with Crippen LogP contribution in [0.3, 0.4) is 0 Å². The summed E-state index contributed by atoms with van der Waals surface area (Å²) in [5.74, 6) is -0.0400. The van der Waals surface area contributed by atoms with Gasteiger partial charge in [-0.1, -0.05) is 26.0 Å². The zero-order valence-corrected chi connectivity index (χ0v) is 11.7. The first-order valence-electron chi connectivity index (χ1n) is 5.72. The second-order valence-electron chi connectivity index (χ2n) is 4.57. The molecule has 0 radical (unpaired) electrons. The smallest absolute Gasteiger partial charge is 0.202 e. The van der Waals surface area contributed by atoms with Crippen LogP contribution in [0.15, 0.2) is 29.2 Å². The van der Waals surface area contributed by atoms with Gasteiger partial charge in [-0.2, -0.15) is 0 Å². The summed E-state index contributed by atoms with van der Waals surface area (Å²) >= 11 is 0. The average Bonchev–Trinajstić information content (AvgIpc) is 2.28. The Morgan fingerprint density at radius 2 is 1.78 bits per heavy atom. The molecular weight excluding hydrogens is 252 g/mol. The highest BCUT2D eigenvalue weighted by molar-refractivity contribution is 7.91. The van der Waals surface area contributed by atoms with Crippen LogP contribution in [0.1, 0.15) is 30.6 Å². The normalized spacial score (nSPS) is 11.8. The molecule has 1 aromatic carbocycles. The van der Waals surface area contributed by atoms with Crippen LogP contribution in [0.25, 0.3) is 0 Å². The molecule has 0 unspecified atom stereocenters. The maximum absolute atomic E-state index is 11.8. The molecule has 0 saturated carbocycles. The van der Waals surface area contributed by atoms with Crippen molar-refractivity contribution in [3.63, 3.8) is 0 Å². The molecule has 0 saturated heterocycles. The SMILES string of the molecule is COCS(=O)(=O)c1ccc(C(=O)CC(C)C)cc1. The lowest BCUT2D eigenvalue weighted by Crippen LogP contribution is -2.09. The molecular formula is C13H18O4S. The fourth-order valence-electron chi connectivity index (χ4n) is 1.56. The molecule has 0 aliphatic rings. The number of carbonyl (C=O) groups excluding carboxylic acids is 1. The van der Waals surface area contributed by atoms with Crippen molar-refractivity contribution in [3.05, 3.63) is 29.8 Å². The number of ether oxygens (including phenoxy) is 1. The van der Waals surface area contributed by atoms with Gasteiger partial charge in [0, 0.05) is 19.1 Å². The Labute approximate surface area is 108 Å². The number of hydrogen-bond donors (Lipinski definition) is 0. The molecule has 0 spiro atoms. The molecule has 1 aromatic rings. The Balaban J connectivity index is 2.90. The van der Waals surface area contributed by atoms with Gasteiger partial charge in [-0.25, -0.2) is 8.42 Å². The van der Waals surface area contributed by atoms with Crippen molar-refractivity contribution >= 4 is 15.6 Å². The zero-order valence-electron chi connectivity index (χ0n) is 10.8. The Bertz CT molecular complexity index is 500. The van der Waals surface area contributed by atoms with E-state index in [-0.39, 0.29) is 22.5 Å². The molecule has 0 heterocycles. The lowest BCUT2D eigenvalue weighted by molar-refractivity contribution is 0.0968. The summed E-state index contributed by atoms with van der Waals surface area (Å²) in [5, 5.41) is 0. The van der Waals surface area contributed by atoms with Gasteiger partial charge in [0.1, 0.15) is 0 Å². The average molecular weight is 270 g/mol. The van der Waals surface area contributed by atoms with Gasteiger partial charge >= 0.3 is 0 Å². The monoisotopic (exact) mass is 270 g/mol. The third-order valence-corrected chi connectivity index (χ3v) is 3.94. The minimum absolute atomic E-state index is 0.0284. The fourth-order valence-corrected chi connectivity index (χ4v) is 2.56. The first kappa shape index (κ1) is 14.9. The lowest BCUT2D eigenvalue weighted by atomic mass is 10.0. The maximum atomic E-state index is 11.8. The van der Waals surface area contributed by atoms with Crippen LogP contribution in [0.4, 0.5) is 0 Å².